The van der Waals surface area contributed by atoms with Crippen molar-refractivity contribution in [3.63, 3.8) is 0 Å². The predicted molar refractivity (Wildman–Crippen MR) is 75.7 cm³/mol. The van der Waals surface area contributed by atoms with Crippen LogP contribution in [-0.4, -0.2) is 14.2 Å². The Labute approximate surface area is 112 Å². The number of hydrogen-bond donors (Lipinski definition) is 0. The summed E-state index contributed by atoms with van der Waals surface area (Å²) in [5.74, 6) is 1.44. The summed E-state index contributed by atoms with van der Waals surface area (Å²) in [4.78, 5) is 0. The van der Waals surface area contributed by atoms with E-state index < -0.39 is 0 Å². The summed E-state index contributed by atoms with van der Waals surface area (Å²) in [7, 11) is 3.27. The number of fused-ring (bicyclic) bond motifs is 1. The van der Waals surface area contributed by atoms with E-state index in [0.29, 0.717) is 5.75 Å². The van der Waals surface area contributed by atoms with Gasteiger partial charge in [0.2, 0.25) is 0 Å². The summed E-state index contributed by atoms with van der Waals surface area (Å²) < 4.78 is 10.6. The minimum Gasteiger partial charge on any atom is -0.493 e. The van der Waals surface area contributed by atoms with Crippen molar-refractivity contribution in [2.45, 2.75) is 0 Å². The van der Waals surface area contributed by atoms with E-state index in [1.54, 1.807) is 14.2 Å². The molecule has 0 unspecified atom stereocenters. The normalized spacial score (nSPS) is 12.4. The lowest BCUT2D eigenvalue weighted by atomic mass is 10.1. The fraction of sp³-hybridized carbons (Fsp3) is 0.125. The molecule has 0 amide bonds. The van der Waals surface area contributed by atoms with E-state index in [0.717, 1.165) is 28.3 Å². The van der Waals surface area contributed by atoms with Crippen LogP contribution in [-0.2, 0) is 0 Å². The molecule has 0 aliphatic carbocycles. The third-order valence-corrected chi connectivity index (χ3v) is 3.15. The first-order valence-corrected chi connectivity index (χ1v) is 6.06. The number of nitrogens with zero attached hydrogens (tertiary/aromatic N) is 1. The van der Waals surface area contributed by atoms with Crippen LogP contribution in [0.4, 0.5) is 5.69 Å². The molecule has 1 heterocycles. The Morgan fingerprint density at radius 2 is 1.68 bits per heavy atom. The average Bonchev–Trinajstić information content (AvgIpc) is 2.90. The number of rotatable bonds is 3. The minimum absolute atomic E-state index is 0.715. The van der Waals surface area contributed by atoms with Gasteiger partial charge in [-0.25, -0.2) is 5.32 Å². The van der Waals surface area contributed by atoms with Crippen molar-refractivity contribution < 1.29 is 9.47 Å². The summed E-state index contributed by atoms with van der Waals surface area (Å²) in [5.41, 5.74) is 4.12. The van der Waals surface area contributed by atoms with Crippen molar-refractivity contribution >= 4 is 17.5 Å². The molecule has 0 bridgehead atoms. The highest BCUT2D eigenvalue weighted by atomic mass is 16.5. The van der Waals surface area contributed by atoms with Gasteiger partial charge in [0.25, 0.3) is 0 Å². The third kappa shape index (κ3) is 2.03. The van der Waals surface area contributed by atoms with Gasteiger partial charge < -0.3 is 9.47 Å². The molecular formula is C16H14NO2. The Kier molecular flexibility index (Phi) is 2.88. The van der Waals surface area contributed by atoms with Crippen molar-refractivity contribution in [2.24, 2.45) is 0 Å². The maximum absolute atomic E-state index is 5.32. The summed E-state index contributed by atoms with van der Waals surface area (Å²) >= 11 is 0. The van der Waals surface area contributed by atoms with E-state index >= 15 is 0 Å². The second kappa shape index (κ2) is 4.69. The van der Waals surface area contributed by atoms with Crippen LogP contribution in [0.2, 0.25) is 0 Å². The molecule has 19 heavy (non-hydrogen) atoms. The zero-order valence-electron chi connectivity index (χ0n) is 10.9. The molecule has 0 fully saturated rings. The smallest absolute Gasteiger partial charge is 0.161 e. The first-order valence-electron chi connectivity index (χ1n) is 6.06. The zero-order valence-corrected chi connectivity index (χ0v) is 10.9. The monoisotopic (exact) mass is 252 g/mol. The van der Waals surface area contributed by atoms with Crippen LogP contribution in [0.5, 0.6) is 11.5 Å². The molecule has 2 aromatic rings. The Balaban J connectivity index is 1.97. The SMILES string of the molecule is COc1ccc(C2=Cc3ccccc3[N]2)cc1OC. The lowest BCUT2D eigenvalue weighted by molar-refractivity contribution is 0.355. The minimum atomic E-state index is 0.715. The van der Waals surface area contributed by atoms with Crippen molar-refractivity contribution in [3.8, 4) is 11.5 Å². The van der Waals surface area contributed by atoms with Gasteiger partial charge in [-0.3, -0.25) is 0 Å². The Bertz CT molecular complexity index is 647. The lowest BCUT2D eigenvalue weighted by Gasteiger charge is -2.09. The number of hydrogen-bond acceptors (Lipinski definition) is 2. The number of ether oxygens (including phenoxy) is 2. The highest BCUT2D eigenvalue weighted by Gasteiger charge is 2.16. The molecule has 1 aliphatic rings. The molecule has 3 rings (SSSR count). The number of benzene rings is 2. The third-order valence-electron chi connectivity index (χ3n) is 3.15. The maximum atomic E-state index is 5.32. The largest absolute Gasteiger partial charge is 0.493 e. The van der Waals surface area contributed by atoms with Crippen LogP contribution < -0.4 is 14.8 Å². The molecule has 3 nitrogen and oxygen atoms in total. The molecule has 0 spiro atoms. The highest BCUT2D eigenvalue weighted by Crippen LogP contribution is 2.35. The van der Waals surface area contributed by atoms with E-state index in [1.807, 2.05) is 36.4 Å². The van der Waals surface area contributed by atoms with Crippen LogP contribution >= 0.6 is 0 Å². The number of methoxy groups -OCH3 is 2. The van der Waals surface area contributed by atoms with Crippen LogP contribution in [0.1, 0.15) is 11.1 Å². The fourth-order valence-electron chi connectivity index (χ4n) is 2.16. The van der Waals surface area contributed by atoms with Crippen molar-refractivity contribution in [1.29, 1.82) is 0 Å². The second-order valence-corrected chi connectivity index (χ2v) is 4.27. The van der Waals surface area contributed by atoms with Crippen molar-refractivity contribution in [1.82, 2.24) is 5.32 Å². The number of para-hydroxylation sites is 1. The van der Waals surface area contributed by atoms with Gasteiger partial charge >= 0.3 is 0 Å². The van der Waals surface area contributed by atoms with E-state index in [4.69, 9.17) is 9.47 Å². The fourth-order valence-corrected chi connectivity index (χ4v) is 2.16. The molecule has 2 aromatic carbocycles. The second-order valence-electron chi connectivity index (χ2n) is 4.27. The van der Waals surface area contributed by atoms with Gasteiger partial charge in [0.1, 0.15) is 0 Å². The van der Waals surface area contributed by atoms with E-state index in [1.165, 1.54) is 0 Å². The average molecular weight is 252 g/mol. The van der Waals surface area contributed by atoms with Crippen LogP contribution in [0.15, 0.2) is 42.5 Å². The first kappa shape index (κ1) is 11.7. The molecule has 0 atom stereocenters. The van der Waals surface area contributed by atoms with Gasteiger partial charge in [0.05, 0.1) is 25.6 Å². The molecule has 0 aromatic heterocycles. The molecule has 1 radical (unpaired) electrons. The van der Waals surface area contributed by atoms with Gasteiger partial charge in [0, 0.05) is 11.1 Å². The molecule has 3 heteroatoms. The predicted octanol–water partition coefficient (Wildman–Crippen LogP) is 3.45. The maximum Gasteiger partial charge on any atom is 0.161 e. The molecular weight excluding hydrogens is 238 g/mol. The quantitative estimate of drug-likeness (QED) is 0.838. The first-order chi connectivity index (χ1) is 9.31. The zero-order chi connectivity index (χ0) is 13.2. The topological polar surface area (TPSA) is 32.6 Å². The van der Waals surface area contributed by atoms with E-state index in [9.17, 15) is 0 Å². The van der Waals surface area contributed by atoms with Crippen LogP contribution in [0.3, 0.4) is 0 Å². The van der Waals surface area contributed by atoms with Gasteiger partial charge in [0.15, 0.2) is 11.5 Å². The lowest BCUT2D eigenvalue weighted by Crippen LogP contribution is -1.95. The molecule has 0 saturated heterocycles. The van der Waals surface area contributed by atoms with E-state index in [2.05, 4.69) is 17.5 Å². The Morgan fingerprint density at radius 1 is 0.895 bits per heavy atom. The van der Waals surface area contributed by atoms with Crippen LogP contribution in [0, 0.1) is 0 Å². The van der Waals surface area contributed by atoms with Gasteiger partial charge in [-0.15, -0.1) is 0 Å². The summed E-state index contributed by atoms with van der Waals surface area (Å²) in [6, 6.07) is 13.9. The van der Waals surface area contributed by atoms with Gasteiger partial charge in [-0.1, -0.05) is 18.2 Å². The van der Waals surface area contributed by atoms with Crippen LogP contribution in [0.25, 0.3) is 11.8 Å². The summed E-state index contributed by atoms with van der Waals surface area (Å²) in [5, 5.41) is 4.62. The molecule has 0 saturated carbocycles. The Hall–Kier alpha value is -2.42. The molecule has 0 N–H and O–H groups in total. The van der Waals surface area contributed by atoms with Gasteiger partial charge in [-0.2, -0.15) is 0 Å². The summed E-state index contributed by atoms with van der Waals surface area (Å²) in [6.45, 7) is 0. The molecule has 1 aliphatic heterocycles. The van der Waals surface area contributed by atoms with Crippen molar-refractivity contribution in [2.75, 3.05) is 14.2 Å². The Morgan fingerprint density at radius 3 is 2.42 bits per heavy atom. The van der Waals surface area contributed by atoms with Crippen molar-refractivity contribution in [3.05, 3.63) is 53.6 Å². The standard InChI is InChI=1S/C16H14NO2/c1-18-15-8-7-12(10-16(15)19-2)14-9-11-5-3-4-6-13(11)17-14/h3-10H,1-2H3. The summed E-state index contributed by atoms with van der Waals surface area (Å²) in [6.07, 6.45) is 2.08. The van der Waals surface area contributed by atoms with E-state index in [-0.39, 0.29) is 0 Å². The molecule has 95 valence electrons. The van der Waals surface area contributed by atoms with Gasteiger partial charge in [-0.05, 0) is 30.3 Å². The highest BCUT2D eigenvalue weighted by molar-refractivity contribution is 5.91.